The van der Waals surface area contributed by atoms with Gasteiger partial charge in [0.15, 0.2) is 5.13 Å². The minimum Gasteiger partial charge on any atom is -0.318 e. The van der Waals surface area contributed by atoms with E-state index >= 15 is 0 Å². The first-order valence-corrected chi connectivity index (χ1v) is 9.80. The van der Waals surface area contributed by atoms with E-state index in [1.165, 1.54) is 11.3 Å². The second-order valence-corrected chi connectivity index (χ2v) is 7.47. The molecule has 0 unspecified atom stereocenters. The van der Waals surface area contributed by atoms with Gasteiger partial charge in [0.2, 0.25) is 5.91 Å². The fourth-order valence-electron chi connectivity index (χ4n) is 3.07. The number of anilines is 3. The first-order chi connectivity index (χ1) is 13.6. The molecule has 3 aromatic rings. The van der Waals surface area contributed by atoms with Crippen molar-refractivity contribution in [2.24, 2.45) is 0 Å². The van der Waals surface area contributed by atoms with Crippen LogP contribution in [0.5, 0.6) is 0 Å². The quantitative estimate of drug-likeness (QED) is 0.666. The molecular formula is C20H18N4O3S. The first kappa shape index (κ1) is 18.1. The van der Waals surface area contributed by atoms with Gasteiger partial charge in [-0.15, -0.1) is 0 Å². The molecule has 0 bridgehead atoms. The van der Waals surface area contributed by atoms with Gasteiger partial charge in [-0.2, -0.15) is 0 Å². The highest BCUT2D eigenvalue weighted by atomic mass is 32.1. The predicted octanol–water partition coefficient (Wildman–Crippen LogP) is 3.39. The number of amides is 3. The number of nitrogens with one attached hydrogen (secondary N) is 2. The van der Waals surface area contributed by atoms with E-state index < -0.39 is 11.8 Å². The number of nitrogens with zero attached hydrogens (tertiary/aromatic N) is 2. The number of carbonyl (C=O) groups excluding carboxylic acids is 3. The summed E-state index contributed by atoms with van der Waals surface area (Å²) in [6, 6.07) is 14.4. The Morgan fingerprint density at radius 3 is 2.46 bits per heavy atom. The number of para-hydroxylation sites is 1. The van der Waals surface area contributed by atoms with Gasteiger partial charge in [0.1, 0.15) is 0 Å². The van der Waals surface area contributed by atoms with Gasteiger partial charge in [0, 0.05) is 24.3 Å². The largest absolute Gasteiger partial charge is 0.318 e. The molecule has 0 atom stereocenters. The molecule has 4 rings (SSSR count). The van der Waals surface area contributed by atoms with Crippen LogP contribution in [0, 0.1) is 0 Å². The molecule has 28 heavy (non-hydrogen) atoms. The normalized spacial score (nSPS) is 14.1. The van der Waals surface area contributed by atoms with Crippen LogP contribution in [0.25, 0.3) is 10.2 Å². The van der Waals surface area contributed by atoms with Crippen molar-refractivity contribution in [2.45, 2.75) is 19.3 Å². The van der Waals surface area contributed by atoms with Crippen LogP contribution in [-0.4, -0.2) is 29.3 Å². The summed E-state index contributed by atoms with van der Waals surface area (Å²) < 4.78 is 0.932. The van der Waals surface area contributed by atoms with Crippen molar-refractivity contribution in [1.29, 1.82) is 0 Å². The summed E-state index contributed by atoms with van der Waals surface area (Å²) in [5, 5.41) is 5.46. The minimum absolute atomic E-state index is 0.109. The maximum Gasteiger partial charge on any atom is 0.315 e. The van der Waals surface area contributed by atoms with Crippen molar-refractivity contribution in [3.63, 3.8) is 0 Å². The Morgan fingerprint density at radius 1 is 0.964 bits per heavy atom. The average molecular weight is 394 g/mol. The Morgan fingerprint density at radius 2 is 1.71 bits per heavy atom. The summed E-state index contributed by atoms with van der Waals surface area (Å²) in [6.07, 6.45) is 2.47. The van der Waals surface area contributed by atoms with Gasteiger partial charge in [0.05, 0.1) is 10.2 Å². The number of thiazole rings is 1. The van der Waals surface area contributed by atoms with Crippen LogP contribution in [0.15, 0.2) is 48.5 Å². The number of aromatic nitrogens is 1. The SMILES string of the molecule is O=C(Nc1ccc(N2CCCCC2=O)cc1)C(=O)Nc1nc2ccccc2s1. The third kappa shape index (κ3) is 3.86. The van der Waals surface area contributed by atoms with Crippen LogP contribution in [0.2, 0.25) is 0 Å². The molecule has 0 aliphatic carbocycles. The van der Waals surface area contributed by atoms with Crippen molar-refractivity contribution < 1.29 is 14.4 Å². The molecule has 2 N–H and O–H groups in total. The van der Waals surface area contributed by atoms with E-state index in [4.69, 9.17) is 0 Å². The van der Waals surface area contributed by atoms with Gasteiger partial charge in [0.25, 0.3) is 0 Å². The van der Waals surface area contributed by atoms with E-state index in [0.717, 1.165) is 28.7 Å². The van der Waals surface area contributed by atoms with E-state index in [2.05, 4.69) is 15.6 Å². The lowest BCUT2D eigenvalue weighted by molar-refractivity contribution is -0.132. The number of piperidine rings is 1. The van der Waals surface area contributed by atoms with Gasteiger partial charge in [-0.1, -0.05) is 23.5 Å². The van der Waals surface area contributed by atoms with Crippen molar-refractivity contribution in [3.05, 3.63) is 48.5 Å². The molecular weight excluding hydrogens is 376 g/mol. The molecule has 142 valence electrons. The minimum atomic E-state index is -0.783. The maximum absolute atomic E-state index is 12.2. The molecule has 8 heteroatoms. The first-order valence-electron chi connectivity index (χ1n) is 8.98. The molecule has 7 nitrogen and oxygen atoms in total. The van der Waals surface area contributed by atoms with E-state index in [1.54, 1.807) is 29.2 Å². The standard InChI is InChI=1S/C20H18N4O3S/c25-17-7-3-4-12-24(17)14-10-8-13(9-11-14)21-18(26)19(27)23-20-22-15-5-1-2-6-16(15)28-20/h1-2,5-6,8-11H,3-4,7,12H2,(H,21,26)(H,22,23,27). The number of hydrogen-bond acceptors (Lipinski definition) is 5. The van der Waals surface area contributed by atoms with Gasteiger partial charge in [-0.25, -0.2) is 4.98 Å². The van der Waals surface area contributed by atoms with Crippen molar-refractivity contribution in [2.75, 3.05) is 22.1 Å². The summed E-state index contributed by atoms with van der Waals surface area (Å²) >= 11 is 1.31. The fraction of sp³-hybridized carbons (Fsp3) is 0.200. The Kier molecular flexibility index (Phi) is 5.03. The van der Waals surface area contributed by atoms with Crippen LogP contribution in [0.3, 0.4) is 0 Å². The highest BCUT2D eigenvalue weighted by molar-refractivity contribution is 7.22. The molecule has 2 heterocycles. The fourth-order valence-corrected chi connectivity index (χ4v) is 3.93. The number of rotatable bonds is 3. The smallest absolute Gasteiger partial charge is 0.315 e. The lowest BCUT2D eigenvalue weighted by Gasteiger charge is -2.26. The molecule has 2 aromatic carbocycles. The second-order valence-electron chi connectivity index (χ2n) is 6.44. The van der Waals surface area contributed by atoms with E-state index in [1.807, 2.05) is 24.3 Å². The highest BCUT2D eigenvalue weighted by Crippen LogP contribution is 2.25. The zero-order valence-corrected chi connectivity index (χ0v) is 15.8. The number of hydrogen-bond donors (Lipinski definition) is 2. The molecule has 0 radical (unpaired) electrons. The molecule has 1 aliphatic heterocycles. The number of fused-ring (bicyclic) bond motifs is 1. The van der Waals surface area contributed by atoms with Gasteiger partial charge in [-0.3, -0.25) is 19.7 Å². The van der Waals surface area contributed by atoms with Crippen molar-refractivity contribution in [3.8, 4) is 0 Å². The molecule has 0 spiro atoms. The summed E-state index contributed by atoms with van der Waals surface area (Å²) in [4.78, 5) is 42.3. The Labute approximate surface area is 165 Å². The average Bonchev–Trinajstić information content (AvgIpc) is 3.11. The zero-order valence-electron chi connectivity index (χ0n) is 15.0. The van der Waals surface area contributed by atoms with Crippen molar-refractivity contribution in [1.82, 2.24) is 4.98 Å². The lowest BCUT2D eigenvalue weighted by atomic mass is 10.1. The Bertz CT molecular complexity index is 1010. The van der Waals surface area contributed by atoms with E-state index in [-0.39, 0.29) is 5.91 Å². The zero-order chi connectivity index (χ0) is 19.5. The monoisotopic (exact) mass is 394 g/mol. The summed E-state index contributed by atoms with van der Waals surface area (Å²) in [7, 11) is 0. The summed E-state index contributed by atoms with van der Waals surface area (Å²) in [6.45, 7) is 0.703. The van der Waals surface area contributed by atoms with Crippen LogP contribution in [0.4, 0.5) is 16.5 Å². The molecule has 1 aromatic heterocycles. The molecule has 1 saturated heterocycles. The van der Waals surface area contributed by atoms with E-state index in [9.17, 15) is 14.4 Å². The molecule has 1 aliphatic rings. The van der Waals surface area contributed by atoms with Gasteiger partial charge < -0.3 is 10.2 Å². The van der Waals surface area contributed by atoms with Crippen LogP contribution >= 0.6 is 11.3 Å². The predicted molar refractivity (Wildman–Crippen MR) is 110 cm³/mol. The summed E-state index contributed by atoms with van der Waals surface area (Å²) in [5.74, 6) is -1.45. The van der Waals surface area contributed by atoms with Gasteiger partial charge in [-0.05, 0) is 49.2 Å². The second kappa shape index (κ2) is 7.77. The molecule has 0 saturated carbocycles. The third-order valence-electron chi connectivity index (χ3n) is 4.48. The van der Waals surface area contributed by atoms with Crippen LogP contribution in [0.1, 0.15) is 19.3 Å². The van der Waals surface area contributed by atoms with Gasteiger partial charge >= 0.3 is 11.8 Å². The van der Waals surface area contributed by atoms with E-state index in [0.29, 0.717) is 23.8 Å². The Balaban J connectivity index is 1.38. The lowest BCUT2D eigenvalue weighted by Crippen LogP contribution is -2.35. The Hall–Kier alpha value is -3.26. The maximum atomic E-state index is 12.2. The number of carbonyl (C=O) groups is 3. The molecule has 3 amide bonds. The summed E-state index contributed by atoms with van der Waals surface area (Å²) in [5.41, 5.74) is 2.05. The number of benzene rings is 2. The topological polar surface area (TPSA) is 91.4 Å². The highest BCUT2D eigenvalue weighted by Gasteiger charge is 2.20. The van der Waals surface area contributed by atoms with Crippen molar-refractivity contribution >= 4 is 55.8 Å². The van der Waals surface area contributed by atoms with Crippen LogP contribution in [-0.2, 0) is 14.4 Å². The molecule has 1 fully saturated rings. The van der Waals surface area contributed by atoms with Crippen LogP contribution < -0.4 is 15.5 Å². The third-order valence-corrected chi connectivity index (χ3v) is 5.43.